The summed E-state index contributed by atoms with van der Waals surface area (Å²) in [6, 6.07) is 1.59. The van der Waals surface area contributed by atoms with E-state index in [1.54, 1.807) is 15.8 Å². The Kier molecular flexibility index (Phi) is 4.77. The number of amides is 1. The van der Waals surface area contributed by atoms with Crippen LogP contribution in [0.5, 0.6) is 0 Å². The number of nitrogens with zero attached hydrogens (tertiary/aromatic N) is 5. The maximum Gasteiger partial charge on any atom is 0.247 e. The molecule has 0 N–H and O–H groups in total. The number of aryl methyl sites for hydroxylation is 1. The molecule has 2 heterocycles. The minimum Gasteiger partial charge on any atom is -0.339 e. The third kappa shape index (κ3) is 3.15. The van der Waals surface area contributed by atoms with E-state index < -0.39 is 0 Å². The van der Waals surface area contributed by atoms with Crippen LogP contribution in [0.1, 0.15) is 37.6 Å². The topological polar surface area (TPSA) is 56.0 Å². The molecule has 0 saturated carbocycles. The molecule has 0 saturated heterocycles. The van der Waals surface area contributed by atoms with E-state index in [1.807, 2.05) is 44.0 Å². The lowest BCUT2D eigenvalue weighted by molar-refractivity contribution is -0.134. The van der Waals surface area contributed by atoms with Gasteiger partial charge in [-0.2, -0.15) is 10.2 Å². The van der Waals surface area contributed by atoms with Crippen molar-refractivity contribution in [2.24, 2.45) is 0 Å². The molecule has 0 radical (unpaired) electrons. The van der Waals surface area contributed by atoms with Crippen LogP contribution >= 0.6 is 0 Å². The smallest absolute Gasteiger partial charge is 0.247 e. The van der Waals surface area contributed by atoms with Crippen molar-refractivity contribution in [3.05, 3.63) is 35.9 Å². The number of rotatable bonds is 6. The van der Waals surface area contributed by atoms with Crippen molar-refractivity contribution in [1.29, 1.82) is 0 Å². The molecule has 1 amide bonds. The highest BCUT2D eigenvalue weighted by atomic mass is 16.2. The summed E-state index contributed by atoms with van der Waals surface area (Å²) in [6.07, 6.45) is 6.10. The van der Waals surface area contributed by atoms with E-state index in [1.165, 1.54) is 0 Å². The zero-order valence-corrected chi connectivity index (χ0v) is 13.2. The highest BCUT2D eigenvalue weighted by Gasteiger charge is 2.23. The molecule has 21 heavy (non-hydrogen) atoms. The van der Waals surface area contributed by atoms with Crippen LogP contribution in [0.15, 0.2) is 24.7 Å². The van der Waals surface area contributed by atoms with Gasteiger partial charge in [0.05, 0.1) is 6.20 Å². The predicted molar refractivity (Wildman–Crippen MR) is 80.7 cm³/mol. The normalized spacial score (nSPS) is 12.4. The van der Waals surface area contributed by atoms with Gasteiger partial charge in [-0.05, 0) is 26.3 Å². The molecule has 0 aromatic carbocycles. The predicted octanol–water partition coefficient (Wildman–Crippen LogP) is 2.02. The molecule has 0 unspecified atom stereocenters. The average Bonchev–Trinajstić information content (AvgIpc) is 3.11. The van der Waals surface area contributed by atoms with Crippen molar-refractivity contribution >= 4 is 5.91 Å². The Bertz CT molecular complexity index is 587. The van der Waals surface area contributed by atoms with Gasteiger partial charge in [0.1, 0.15) is 6.04 Å². The fraction of sp³-hybridized carbons (Fsp3) is 0.533. The van der Waals surface area contributed by atoms with Crippen LogP contribution in [0.2, 0.25) is 0 Å². The number of hydrogen-bond acceptors (Lipinski definition) is 3. The van der Waals surface area contributed by atoms with Crippen LogP contribution in [-0.2, 0) is 17.9 Å². The average molecular weight is 289 g/mol. The molecule has 0 fully saturated rings. The van der Waals surface area contributed by atoms with Crippen LogP contribution < -0.4 is 0 Å². The molecule has 0 spiro atoms. The van der Waals surface area contributed by atoms with Crippen molar-refractivity contribution in [3.8, 4) is 0 Å². The highest BCUT2D eigenvalue weighted by Crippen LogP contribution is 2.16. The van der Waals surface area contributed by atoms with Crippen LogP contribution in [0, 0.1) is 6.92 Å². The molecule has 1 atom stereocenters. The Labute approximate surface area is 125 Å². The third-order valence-corrected chi connectivity index (χ3v) is 3.80. The highest BCUT2D eigenvalue weighted by molar-refractivity contribution is 5.80. The Morgan fingerprint density at radius 2 is 2.14 bits per heavy atom. The standard InChI is InChI=1S/C15H23N5O/c1-5-14(20-9-7-8-16-20)15(21)18(4)11-13-10-17-19(6-2)12(13)3/h7-10,14H,5-6,11H2,1-4H3/t14-/m0/s1. The van der Waals surface area contributed by atoms with E-state index in [-0.39, 0.29) is 11.9 Å². The third-order valence-electron chi connectivity index (χ3n) is 3.80. The van der Waals surface area contributed by atoms with Crippen molar-refractivity contribution in [2.45, 2.75) is 46.3 Å². The van der Waals surface area contributed by atoms with Gasteiger partial charge in [-0.15, -0.1) is 0 Å². The maximum absolute atomic E-state index is 12.6. The molecular weight excluding hydrogens is 266 g/mol. The molecule has 0 aliphatic rings. The number of likely N-dealkylation sites (N-methyl/N-ethyl adjacent to an activating group) is 1. The van der Waals surface area contributed by atoms with Gasteiger partial charge >= 0.3 is 0 Å². The Morgan fingerprint density at radius 1 is 1.38 bits per heavy atom. The Hall–Kier alpha value is -2.11. The van der Waals surface area contributed by atoms with Gasteiger partial charge in [-0.3, -0.25) is 14.2 Å². The molecule has 6 heteroatoms. The summed E-state index contributed by atoms with van der Waals surface area (Å²) < 4.78 is 3.67. The van der Waals surface area contributed by atoms with Gasteiger partial charge in [0.2, 0.25) is 5.91 Å². The van der Waals surface area contributed by atoms with Crippen LogP contribution in [0.3, 0.4) is 0 Å². The molecule has 2 rings (SSSR count). The van der Waals surface area contributed by atoms with Crippen molar-refractivity contribution < 1.29 is 4.79 Å². The van der Waals surface area contributed by atoms with E-state index in [0.29, 0.717) is 6.54 Å². The molecule has 2 aromatic heterocycles. The first kappa shape index (κ1) is 15.3. The van der Waals surface area contributed by atoms with E-state index in [4.69, 9.17) is 0 Å². The fourth-order valence-corrected chi connectivity index (χ4v) is 2.49. The van der Waals surface area contributed by atoms with Gasteiger partial charge < -0.3 is 4.90 Å². The number of aromatic nitrogens is 4. The first-order valence-electron chi connectivity index (χ1n) is 7.33. The largest absolute Gasteiger partial charge is 0.339 e. The van der Waals surface area contributed by atoms with Crippen LogP contribution in [0.25, 0.3) is 0 Å². The Balaban J connectivity index is 2.10. The zero-order valence-electron chi connectivity index (χ0n) is 13.2. The van der Waals surface area contributed by atoms with E-state index >= 15 is 0 Å². The summed E-state index contributed by atoms with van der Waals surface area (Å²) in [5.41, 5.74) is 2.20. The first-order valence-corrected chi connectivity index (χ1v) is 7.33. The Morgan fingerprint density at radius 3 is 2.67 bits per heavy atom. The molecule has 2 aromatic rings. The van der Waals surface area contributed by atoms with Gasteiger partial charge in [0.25, 0.3) is 0 Å². The monoisotopic (exact) mass is 289 g/mol. The summed E-state index contributed by atoms with van der Waals surface area (Å²) in [6.45, 7) is 7.51. The second kappa shape index (κ2) is 6.56. The van der Waals surface area contributed by atoms with Gasteiger partial charge in [-0.1, -0.05) is 6.92 Å². The number of hydrogen-bond donors (Lipinski definition) is 0. The molecule has 0 bridgehead atoms. The molecule has 114 valence electrons. The molecule has 0 aliphatic carbocycles. The lowest BCUT2D eigenvalue weighted by Gasteiger charge is -2.23. The van der Waals surface area contributed by atoms with Crippen molar-refractivity contribution in [1.82, 2.24) is 24.5 Å². The summed E-state index contributed by atoms with van der Waals surface area (Å²) in [4.78, 5) is 14.4. The SMILES string of the molecule is CC[C@@H](C(=O)N(C)Cc1cnn(CC)c1C)n1cccn1. The first-order chi connectivity index (χ1) is 10.1. The number of carbonyl (C=O) groups excluding carboxylic acids is 1. The van der Waals surface area contributed by atoms with E-state index in [2.05, 4.69) is 17.1 Å². The summed E-state index contributed by atoms with van der Waals surface area (Å²) in [5, 5.41) is 8.51. The minimum atomic E-state index is -0.244. The summed E-state index contributed by atoms with van der Waals surface area (Å²) in [5.74, 6) is 0.0739. The van der Waals surface area contributed by atoms with E-state index in [0.717, 1.165) is 24.2 Å². The summed E-state index contributed by atoms with van der Waals surface area (Å²) >= 11 is 0. The quantitative estimate of drug-likeness (QED) is 0.817. The minimum absolute atomic E-state index is 0.0739. The summed E-state index contributed by atoms with van der Waals surface area (Å²) in [7, 11) is 1.83. The molecular formula is C15H23N5O. The van der Waals surface area contributed by atoms with Gasteiger partial charge in [0, 0.05) is 43.8 Å². The zero-order chi connectivity index (χ0) is 15.4. The molecule has 0 aliphatic heterocycles. The maximum atomic E-state index is 12.6. The van der Waals surface area contributed by atoms with Gasteiger partial charge in [0.15, 0.2) is 0 Å². The van der Waals surface area contributed by atoms with Crippen molar-refractivity contribution in [3.63, 3.8) is 0 Å². The lowest BCUT2D eigenvalue weighted by atomic mass is 10.2. The molecule has 6 nitrogen and oxygen atoms in total. The second-order valence-electron chi connectivity index (χ2n) is 5.18. The number of carbonyl (C=O) groups is 1. The second-order valence-corrected chi connectivity index (χ2v) is 5.18. The van der Waals surface area contributed by atoms with Crippen molar-refractivity contribution in [2.75, 3.05) is 7.05 Å². The lowest BCUT2D eigenvalue weighted by Crippen LogP contribution is -2.34. The van der Waals surface area contributed by atoms with Gasteiger partial charge in [-0.25, -0.2) is 0 Å². The van der Waals surface area contributed by atoms with Crippen LogP contribution in [-0.4, -0.2) is 37.4 Å². The fourth-order valence-electron chi connectivity index (χ4n) is 2.49. The van der Waals surface area contributed by atoms with Crippen LogP contribution in [0.4, 0.5) is 0 Å². The van der Waals surface area contributed by atoms with E-state index in [9.17, 15) is 4.79 Å².